The fourth-order valence-electron chi connectivity index (χ4n) is 7.12. The van der Waals surface area contributed by atoms with Crippen LogP contribution in [0.25, 0.3) is 32.9 Å². The van der Waals surface area contributed by atoms with Gasteiger partial charge in [-0.05, 0) is 86.7 Å². The zero-order valence-corrected chi connectivity index (χ0v) is 26.3. The number of phenols is 1. The number of hydrogen-bond acceptors (Lipinski definition) is 8. The van der Waals surface area contributed by atoms with E-state index in [4.69, 9.17) is 9.72 Å². The van der Waals surface area contributed by atoms with Gasteiger partial charge in [0.2, 0.25) is 0 Å². The number of phenolic OH excluding ortho intramolecular Hbond substituents is 1. The summed E-state index contributed by atoms with van der Waals surface area (Å²) in [6.07, 6.45) is 4.27. The number of halogens is 2. The van der Waals surface area contributed by atoms with E-state index in [0.29, 0.717) is 60.1 Å². The lowest BCUT2D eigenvalue weighted by molar-refractivity contribution is 0.0447. The second-order valence-electron chi connectivity index (χ2n) is 13.9. The highest BCUT2D eigenvalue weighted by Crippen LogP contribution is 2.63. The molecule has 3 heterocycles. The van der Waals surface area contributed by atoms with Crippen molar-refractivity contribution in [2.45, 2.75) is 59.0 Å². The Bertz CT molecular complexity index is 1760. The molecule has 0 bridgehead atoms. The lowest BCUT2D eigenvalue weighted by Crippen LogP contribution is -2.46. The molecule has 2 aromatic carbocycles. The quantitative estimate of drug-likeness (QED) is 0.249. The fraction of sp³-hybridized carbons (Fsp3) is 0.500. The van der Waals surface area contributed by atoms with E-state index in [9.17, 15) is 14.6 Å². The van der Waals surface area contributed by atoms with Crippen molar-refractivity contribution in [2.24, 2.45) is 10.8 Å². The van der Waals surface area contributed by atoms with Crippen molar-refractivity contribution >= 4 is 27.5 Å². The van der Waals surface area contributed by atoms with Gasteiger partial charge < -0.3 is 24.7 Å². The summed E-state index contributed by atoms with van der Waals surface area (Å²) in [5.74, 6) is -0.752. The predicted octanol–water partition coefficient (Wildman–Crippen LogP) is 6.10. The Balaban J connectivity index is 1.52. The van der Waals surface area contributed by atoms with Crippen LogP contribution in [0.1, 0.15) is 52.5 Å². The van der Waals surface area contributed by atoms with E-state index in [1.54, 1.807) is 13.0 Å². The van der Waals surface area contributed by atoms with Crippen molar-refractivity contribution in [2.75, 3.05) is 45.2 Å². The van der Waals surface area contributed by atoms with E-state index in [1.807, 2.05) is 25.9 Å². The number of anilines is 1. The monoisotopic (exact) mass is 605 g/mol. The summed E-state index contributed by atoms with van der Waals surface area (Å²) in [5, 5.41) is 22.9. The van der Waals surface area contributed by atoms with Crippen molar-refractivity contribution in [1.29, 1.82) is 0 Å². The summed E-state index contributed by atoms with van der Waals surface area (Å²) in [4.78, 5) is 17.9. The van der Waals surface area contributed by atoms with Crippen molar-refractivity contribution in [3.05, 3.63) is 47.7 Å². The molecule has 10 heteroatoms. The number of rotatable bonds is 8. The van der Waals surface area contributed by atoms with Crippen LogP contribution in [0.3, 0.4) is 0 Å². The van der Waals surface area contributed by atoms with Crippen LogP contribution in [0.2, 0.25) is 0 Å². The van der Waals surface area contributed by atoms with Crippen LogP contribution in [0, 0.1) is 22.5 Å². The Morgan fingerprint density at radius 1 is 1.11 bits per heavy atom. The Hall–Kier alpha value is -3.63. The minimum absolute atomic E-state index is 0.0166. The number of aliphatic hydroxyl groups is 1. The van der Waals surface area contributed by atoms with E-state index in [1.165, 1.54) is 24.4 Å². The molecule has 4 aromatic rings. The zero-order chi connectivity index (χ0) is 31.6. The van der Waals surface area contributed by atoms with Gasteiger partial charge in [-0.25, -0.2) is 8.78 Å². The van der Waals surface area contributed by atoms with E-state index in [2.05, 4.69) is 28.7 Å². The highest BCUT2D eigenvalue weighted by molar-refractivity contribution is 6.01. The van der Waals surface area contributed by atoms with Gasteiger partial charge in [0, 0.05) is 36.8 Å². The number of piperidine rings is 1. The van der Waals surface area contributed by atoms with Crippen LogP contribution in [-0.4, -0.2) is 76.0 Å². The van der Waals surface area contributed by atoms with Gasteiger partial charge in [0.15, 0.2) is 5.82 Å². The lowest BCUT2D eigenvalue weighted by atomic mass is 9.94. The maximum Gasteiger partial charge on any atom is 0.319 e. The van der Waals surface area contributed by atoms with E-state index < -0.39 is 17.2 Å². The molecular formula is C34H41F2N5O3. The summed E-state index contributed by atoms with van der Waals surface area (Å²) in [6.45, 7) is 10.2. The van der Waals surface area contributed by atoms with Gasteiger partial charge in [0.05, 0.1) is 17.6 Å². The van der Waals surface area contributed by atoms with Gasteiger partial charge >= 0.3 is 6.01 Å². The molecule has 1 aliphatic carbocycles. The van der Waals surface area contributed by atoms with Gasteiger partial charge in [-0.1, -0.05) is 26.8 Å². The third-order valence-electron chi connectivity index (χ3n) is 9.57. The zero-order valence-electron chi connectivity index (χ0n) is 26.3. The molecule has 1 saturated heterocycles. The number of aryl methyl sites for hydroxylation is 1. The number of ether oxygens (including phenoxy) is 1. The molecule has 0 spiro atoms. The predicted molar refractivity (Wildman–Crippen MR) is 168 cm³/mol. The largest absolute Gasteiger partial charge is 0.508 e. The first kappa shape index (κ1) is 30.4. The summed E-state index contributed by atoms with van der Waals surface area (Å²) in [6, 6.07) is 5.93. The Morgan fingerprint density at radius 2 is 1.86 bits per heavy atom. The topological polar surface area (TPSA) is 94.8 Å². The average Bonchev–Trinajstić information content (AvgIpc) is 3.49. The summed E-state index contributed by atoms with van der Waals surface area (Å²) in [5.41, 5.74) is -0.281. The van der Waals surface area contributed by atoms with Crippen LogP contribution in [0.4, 0.5) is 14.6 Å². The summed E-state index contributed by atoms with van der Waals surface area (Å²) < 4.78 is 38.0. The molecule has 2 atom stereocenters. The molecular weight excluding hydrogens is 564 g/mol. The van der Waals surface area contributed by atoms with Crippen LogP contribution >= 0.6 is 0 Å². The highest BCUT2D eigenvalue weighted by Gasteiger charge is 2.61. The number of pyridine rings is 1. The fourth-order valence-corrected chi connectivity index (χ4v) is 7.12. The number of hydrogen-bond donors (Lipinski definition) is 2. The number of aromatic hydroxyl groups is 1. The van der Waals surface area contributed by atoms with Crippen molar-refractivity contribution < 1.29 is 23.7 Å². The maximum atomic E-state index is 16.8. The molecule has 0 amide bonds. The lowest BCUT2D eigenvalue weighted by Gasteiger charge is -2.38. The van der Waals surface area contributed by atoms with Gasteiger partial charge in [0.25, 0.3) is 0 Å². The average molecular weight is 606 g/mol. The maximum absolute atomic E-state index is 16.8. The summed E-state index contributed by atoms with van der Waals surface area (Å²) in [7, 11) is 4.07. The van der Waals surface area contributed by atoms with Crippen LogP contribution in [0.5, 0.6) is 11.8 Å². The Morgan fingerprint density at radius 3 is 2.52 bits per heavy atom. The Labute approximate surface area is 256 Å². The van der Waals surface area contributed by atoms with Crippen molar-refractivity contribution in [3.63, 3.8) is 0 Å². The first-order chi connectivity index (χ1) is 20.7. The third kappa shape index (κ3) is 5.32. The molecule has 2 N–H and O–H groups in total. The molecule has 234 valence electrons. The minimum Gasteiger partial charge on any atom is -0.508 e. The molecule has 2 aliphatic rings. The number of fused-ring (bicyclic) bond motifs is 2. The molecule has 1 saturated carbocycles. The van der Waals surface area contributed by atoms with Gasteiger partial charge in [-0.3, -0.25) is 4.98 Å². The van der Waals surface area contributed by atoms with E-state index in [0.717, 1.165) is 19.4 Å². The third-order valence-corrected chi connectivity index (χ3v) is 9.57. The second kappa shape index (κ2) is 10.8. The Kier molecular flexibility index (Phi) is 7.44. The molecule has 1 unspecified atom stereocenters. The van der Waals surface area contributed by atoms with Crippen molar-refractivity contribution in [1.82, 2.24) is 19.9 Å². The minimum atomic E-state index is -0.933. The van der Waals surface area contributed by atoms with Crippen LogP contribution in [0.15, 0.2) is 30.5 Å². The smallest absolute Gasteiger partial charge is 0.319 e. The van der Waals surface area contributed by atoms with Crippen LogP contribution < -0.4 is 9.64 Å². The van der Waals surface area contributed by atoms with Gasteiger partial charge in [-0.2, -0.15) is 9.97 Å². The number of nitrogens with zero attached hydrogens (tertiary/aromatic N) is 5. The molecule has 2 fully saturated rings. The number of β-amino-alcohol motifs (C(OH)–C–C–N with tert-alkyl or cyclic N) is 1. The normalized spacial score (nSPS) is 23.1. The number of benzene rings is 2. The number of aromatic nitrogens is 3. The van der Waals surface area contributed by atoms with Gasteiger partial charge in [-0.15, -0.1) is 0 Å². The molecule has 6 rings (SSSR count). The van der Waals surface area contributed by atoms with Gasteiger partial charge in [0.1, 0.15) is 28.6 Å². The van der Waals surface area contributed by atoms with E-state index >= 15 is 4.39 Å². The first-order valence-electron chi connectivity index (χ1n) is 15.3. The molecule has 2 aromatic heterocycles. The van der Waals surface area contributed by atoms with E-state index in [-0.39, 0.29) is 39.4 Å². The molecule has 44 heavy (non-hydrogen) atoms. The van der Waals surface area contributed by atoms with Crippen molar-refractivity contribution in [3.8, 4) is 23.0 Å². The SMILES string of the molecule is CCc1c(F)ccc2cc(O)cc(-c3ncc4c(N5CCC[C@@](C)(O)C5)nc(OCC5(CN(C)C)CC5(C)C)nc4c3F)c12. The molecule has 8 nitrogen and oxygen atoms in total. The highest BCUT2D eigenvalue weighted by atomic mass is 19.1. The second-order valence-corrected chi connectivity index (χ2v) is 13.9. The first-order valence-corrected chi connectivity index (χ1v) is 15.3. The molecule has 1 aliphatic heterocycles. The summed E-state index contributed by atoms with van der Waals surface area (Å²) >= 11 is 0. The van der Waals surface area contributed by atoms with Crippen LogP contribution in [-0.2, 0) is 6.42 Å². The standard InChI is InChI=1S/C34H41F2N5O3/c1-7-22-25(35)10-9-20-13-21(42)14-23(26(20)22)28-27(36)29-24(15-37-28)30(41-12-8-11-33(4,43)17-41)39-31(38-29)44-19-34(18-40(5)6)16-32(34,2)3/h9-10,13-15,42-43H,7-8,11-12,16-19H2,1-6H3/t33-,34?/m1/s1. The molecule has 0 radical (unpaired) electrons.